The lowest BCUT2D eigenvalue weighted by Gasteiger charge is -2.18. The van der Waals surface area contributed by atoms with E-state index < -0.39 is 34.6 Å². The Hall–Kier alpha value is -3.12. The van der Waals surface area contributed by atoms with Crippen molar-refractivity contribution >= 4 is 11.4 Å². The van der Waals surface area contributed by atoms with Gasteiger partial charge in [0.05, 0.1) is 6.10 Å². The molecule has 0 bridgehead atoms. The molecule has 2 rings (SSSR count). The summed E-state index contributed by atoms with van der Waals surface area (Å²) in [5, 5.41) is 20.8. The van der Waals surface area contributed by atoms with Gasteiger partial charge in [0.2, 0.25) is 0 Å². The summed E-state index contributed by atoms with van der Waals surface area (Å²) >= 11 is 0. The van der Waals surface area contributed by atoms with Crippen LogP contribution in [0.15, 0.2) is 30.3 Å². The molecule has 0 aliphatic carbocycles. The largest absolute Gasteiger partial charge is 0.486 e. The number of hydrogen-bond donors (Lipinski definition) is 1. The fourth-order valence-corrected chi connectivity index (χ4v) is 2.00. The van der Waals surface area contributed by atoms with Gasteiger partial charge in [-0.2, -0.15) is 10.5 Å². The quantitative estimate of drug-likeness (QED) is 0.916. The summed E-state index contributed by atoms with van der Waals surface area (Å²) in [7, 11) is 0. The van der Waals surface area contributed by atoms with Gasteiger partial charge in [-0.1, -0.05) is 18.2 Å². The van der Waals surface area contributed by atoms with Gasteiger partial charge in [-0.05, 0) is 26.0 Å². The van der Waals surface area contributed by atoms with E-state index in [4.69, 9.17) is 15.3 Å². The van der Waals surface area contributed by atoms with E-state index in [1.165, 1.54) is 12.1 Å². The molecule has 116 valence electrons. The lowest BCUT2D eigenvalue weighted by atomic mass is 10.1. The zero-order chi connectivity index (χ0) is 17.0. The number of nitrogens with one attached hydrogen (secondary N) is 1. The van der Waals surface area contributed by atoms with Gasteiger partial charge < -0.3 is 10.1 Å². The molecular formula is C17H13F2N3O. The Morgan fingerprint density at radius 1 is 1.00 bits per heavy atom. The number of hydrogen-bond acceptors (Lipinski definition) is 4. The van der Waals surface area contributed by atoms with Crippen LogP contribution in [0, 0.1) is 34.3 Å². The van der Waals surface area contributed by atoms with Crippen molar-refractivity contribution in [2.75, 3.05) is 5.32 Å². The minimum Gasteiger partial charge on any atom is -0.486 e. The van der Waals surface area contributed by atoms with Gasteiger partial charge in [0.1, 0.15) is 29.0 Å². The number of rotatable bonds is 4. The van der Waals surface area contributed by atoms with E-state index >= 15 is 0 Å². The van der Waals surface area contributed by atoms with Crippen LogP contribution in [0.25, 0.3) is 0 Å². The summed E-state index contributed by atoms with van der Waals surface area (Å²) in [6.07, 6.45) is -0.445. The molecule has 6 heteroatoms. The van der Waals surface area contributed by atoms with Crippen molar-refractivity contribution in [3.63, 3.8) is 0 Å². The smallest absolute Gasteiger partial charge is 0.186 e. The molecule has 0 spiro atoms. The van der Waals surface area contributed by atoms with Gasteiger partial charge in [-0.25, -0.2) is 8.78 Å². The molecule has 2 aromatic rings. The van der Waals surface area contributed by atoms with Crippen LogP contribution in [-0.2, 0) is 0 Å². The lowest BCUT2D eigenvalue weighted by Crippen LogP contribution is -2.12. The fraction of sp³-hybridized carbons (Fsp3) is 0.176. The highest BCUT2D eigenvalue weighted by molar-refractivity contribution is 5.72. The van der Waals surface area contributed by atoms with E-state index in [0.717, 1.165) is 0 Å². The second-order valence-corrected chi connectivity index (χ2v) is 4.96. The SMILES string of the molecule is CC(C)Oc1c(F)c(C#N)c(C#N)c(F)c1Nc1ccccc1. The first-order chi connectivity index (χ1) is 11.0. The van der Waals surface area contributed by atoms with Crippen LogP contribution in [-0.4, -0.2) is 6.10 Å². The third-order valence-electron chi connectivity index (χ3n) is 2.96. The molecule has 0 radical (unpaired) electrons. The highest BCUT2D eigenvalue weighted by Crippen LogP contribution is 2.38. The van der Waals surface area contributed by atoms with Crippen molar-refractivity contribution in [3.05, 3.63) is 53.1 Å². The molecule has 0 unspecified atom stereocenters. The molecular weight excluding hydrogens is 300 g/mol. The Balaban J connectivity index is 2.70. The van der Waals surface area contributed by atoms with E-state index in [-0.39, 0.29) is 5.69 Å². The first-order valence-electron chi connectivity index (χ1n) is 6.83. The standard InChI is InChI=1S/C17H13F2N3O/c1-10(2)23-17-15(19)13(9-21)12(8-20)14(18)16(17)22-11-6-4-3-5-7-11/h3-7,10,22H,1-2H3. The molecule has 0 fully saturated rings. The number of anilines is 2. The topological polar surface area (TPSA) is 68.8 Å². The van der Waals surface area contributed by atoms with Crippen LogP contribution in [0.4, 0.5) is 20.2 Å². The number of benzene rings is 2. The monoisotopic (exact) mass is 313 g/mol. The zero-order valence-electron chi connectivity index (χ0n) is 12.5. The number of ether oxygens (including phenoxy) is 1. The molecule has 0 aromatic heterocycles. The van der Waals surface area contributed by atoms with Gasteiger partial charge in [0.15, 0.2) is 17.4 Å². The minimum atomic E-state index is -1.06. The van der Waals surface area contributed by atoms with Crippen LogP contribution in [0.3, 0.4) is 0 Å². The maximum absolute atomic E-state index is 14.6. The maximum atomic E-state index is 14.6. The highest BCUT2D eigenvalue weighted by atomic mass is 19.1. The van der Waals surface area contributed by atoms with Crippen molar-refractivity contribution in [2.45, 2.75) is 20.0 Å². The molecule has 0 saturated heterocycles. The van der Waals surface area contributed by atoms with Gasteiger partial charge >= 0.3 is 0 Å². The van der Waals surface area contributed by atoms with Crippen LogP contribution < -0.4 is 10.1 Å². The average molecular weight is 313 g/mol. The second kappa shape index (κ2) is 6.76. The van der Waals surface area contributed by atoms with E-state index in [9.17, 15) is 8.78 Å². The first-order valence-corrected chi connectivity index (χ1v) is 6.83. The molecule has 0 atom stereocenters. The molecule has 0 saturated carbocycles. The number of nitrogens with zero attached hydrogens (tertiary/aromatic N) is 2. The van der Waals surface area contributed by atoms with Crippen molar-refractivity contribution in [2.24, 2.45) is 0 Å². The van der Waals surface area contributed by atoms with Gasteiger partial charge in [0.25, 0.3) is 0 Å². The lowest BCUT2D eigenvalue weighted by molar-refractivity contribution is 0.231. The maximum Gasteiger partial charge on any atom is 0.186 e. The fourth-order valence-electron chi connectivity index (χ4n) is 2.00. The predicted octanol–water partition coefficient (Wildman–Crippen LogP) is 4.24. The molecule has 23 heavy (non-hydrogen) atoms. The normalized spacial score (nSPS) is 10.0. The van der Waals surface area contributed by atoms with Crippen LogP contribution in [0.1, 0.15) is 25.0 Å². The zero-order valence-corrected chi connectivity index (χ0v) is 12.5. The summed E-state index contributed by atoms with van der Waals surface area (Å²) < 4.78 is 34.5. The average Bonchev–Trinajstić information content (AvgIpc) is 2.54. The Morgan fingerprint density at radius 3 is 2.09 bits per heavy atom. The second-order valence-electron chi connectivity index (χ2n) is 4.96. The van der Waals surface area contributed by atoms with Crippen LogP contribution in [0.2, 0.25) is 0 Å². The van der Waals surface area contributed by atoms with Crippen molar-refractivity contribution in [3.8, 4) is 17.9 Å². The minimum absolute atomic E-state index is 0.307. The molecule has 0 aliphatic heterocycles. The molecule has 0 heterocycles. The van der Waals surface area contributed by atoms with Crippen LogP contribution >= 0.6 is 0 Å². The molecule has 4 nitrogen and oxygen atoms in total. The van der Waals surface area contributed by atoms with Crippen molar-refractivity contribution in [1.82, 2.24) is 0 Å². The first kappa shape index (κ1) is 16.3. The van der Waals surface area contributed by atoms with Gasteiger partial charge in [-0.15, -0.1) is 0 Å². The summed E-state index contributed by atoms with van der Waals surface area (Å²) in [5.41, 5.74) is -1.13. The summed E-state index contributed by atoms with van der Waals surface area (Å²) in [5.74, 6) is -2.50. The third-order valence-corrected chi connectivity index (χ3v) is 2.96. The van der Waals surface area contributed by atoms with Gasteiger partial charge in [0, 0.05) is 5.69 Å². The van der Waals surface area contributed by atoms with E-state index in [1.54, 1.807) is 44.2 Å². The Labute approximate surface area is 132 Å². The summed E-state index contributed by atoms with van der Waals surface area (Å²) in [6, 6.07) is 11.6. The number of para-hydroxylation sites is 1. The molecule has 1 N–H and O–H groups in total. The Kier molecular flexibility index (Phi) is 4.78. The number of halogens is 2. The van der Waals surface area contributed by atoms with E-state index in [1.807, 2.05) is 0 Å². The molecule has 0 aliphatic rings. The predicted molar refractivity (Wildman–Crippen MR) is 81.3 cm³/mol. The van der Waals surface area contributed by atoms with Crippen molar-refractivity contribution in [1.29, 1.82) is 10.5 Å². The Morgan fingerprint density at radius 2 is 1.57 bits per heavy atom. The Bertz CT molecular complexity index is 806. The third kappa shape index (κ3) is 3.22. The van der Waals surface area contributed by atoms with Crippen molar-refractivity contribution < 1.29 is 13.5 Å². The molecule has 2 aromatic carbocycles. The summed E-state index contributed by atoms with van der Waals surface area (Å²) in [6.45, 7) is 3.29. The number of nitriles is 2. The summed E-state index contributed by atoms with van der Waals surface area (Å²) in [4.78, 5) is 0. The van der Waals surface area contributed by atoms with E-state index in [0.29, 0.717) is 5.69 Å². The van der Waals surface area contributed by atoms with Crippen LogP contribution in [0.5, 0.6) is 5.75 Å². The van der Waals surface area contributed by atoms with Gasteiger partial charge in [-0.3, -0.25) is 0 Å². The highest BCUT2D eigenvalue weighted by Gasteiger charge is 2.26. The molecule has 0 amide bonds. The van der Waals surface area contributed by atoms with E-state index in [2.05, 4.69) is 5.32 Å².